The van der Waals surface area contributed by atoms with Gasteiger partial charge in [-0.15, -0.1) is 0 Å². The minimum Gasteiger partial charge on any atom is -0.312 e. The first-order valence-electron chi connectivity index (χ1n) is 8.38. The predicted octanol–water partition coefficient (Wildman–Crippen LogP) is 2.43. The van der Waals surface area contributed by atoms with Crippen LogP contribution in [-0.4, -0.2) is 35.8 Å². The molecule has 120 valence electrons. The van der Waals surface area contributed by atoms with E-state index in [1.165, 1.54) is 0 Å². The van der Waals surface area contributed by atoms with E-state index in [-0.39, 0.29) is 35.1 Å². The van der Waals surface area contributed by atoms with Gasteiger partial charge in [-0.05, 0) is 30.7 Å². The Bertz CT molecular complexity index is 390. The molecule has 1 saturated heterocycles. The SMILES string of the molecule is CCNC(CN1C(=O)C2CC(CC)CC2C1=O)C(C)(C)C. The van der Waals surface area contributed by atoms with E-state index in [1.807, 2.05) is 0 Å². The van der Waals surface area contributed by atoms with Crippen molar-refractivity contribution in [1.82, 2.24) is 10.2 Å². The lowest BCUT2D eigenvalue weighted by molar-refractivity contribution is -0.141. The van der Waals surface area contributed by atoms with Gasteiger partial charge in [0.1, 0.15) is 0 Å². The summed E-state index contributed by atoms with van der Waals surface area (Å²) in [5.41, 5.74) is 0.0280. The number of hydrogen-bond acceptors (Lipinski definition) is 3. The summed E-state index contributed by atoms with van der Waals surface area (Å²) in [6, 6.07) is 0.149. The van der Waals surface area contributed by atoms with Crippen LogP contribution in [0.25, 0.3) is 0 Å². The summed E-state index contributed by atoms with van der Waals surface area (Å²) in [6.45, 7) is 12.0. The van der Waals surface area contributed by atoms with E-state index in [2.05, 4.69) is 39.9 Å². The molecule has 0 bridgehead atoms. The molecule has 2 aliphatic rings. The lowest BCUT2D eigenvalue weighted by Crippen LogP contribution is -2.50. The van der Waals surface area contributed by atoms with E-state index in [9.17, 15) is 9.59 Å². The second-order valence-electron chi connectivity index (χ2n) is 7.72. The molecule has 0 aromatic carbocycles. The van der Waals surface area contributed by atoms with Gasteiger partial charge in [0.25, 0.3) is 0 Å². The Kier molecular flexibility index (Phi) is 4.76. The molecule has 1 aliphatic heterocycles. The van der Waals surface area contributed by atoms with Crippen molar-refractivity contribution in [1.29, 1.82) is 0 Å². The van der Waals surface area contributed by atoms with Crippen LogP contribution in [-0.2, 0) is 9.59 Å². The maximum atomic E-state index is 12.6. The van der Waals surface area contributed by atoms with Crippen LogP contribution < -0.4 is 5.32 Å². The fourth-order valence-electron chi connectivity index (χ4n) is 3.78. The molecule has 1 saturated carbocycles. The molecule has 0 aromatic rings. The standard InChI is InChI=1S/C17H30N2O2/c1-6-11-8-12-13(9-11)16(21)19(15(12)20)10-14(18-7-2)17(3,4)5/h11-14,18H,6-10H2,1-5H3. The van der Waals surface area contributed by atoms with Gasteiger partial charge in [0.15, 0.2) is 0 Å². The van der Waals surface area contributed by atoms with Gasteiger partial charge in [0, 0.05) is 12.6 Å². The molecule has 4 heteroatoms. The summed E-state index contributed by atoms with van der Waals surface area (Å²) in [5, 5.41) is 3.43. The normalized spacial score (nSPS) is 30.9. The molecular formula is C17H30N2O2. The number of nitrogens with one attached hydrogen (secondary N) is 1. The van der Waals surface area contributed by atoms with Crippen LogP contribution in [0.15, 0.2) is 0 Å². The Morgan fingerprint density at radius 2 is 1.67 bits per heavy atom. The largest absolute Gasteiger partial charge is 0.312 e. The Hall–Kier alpha value is -0.900. The molecule has 2 rings (SSSR count). The van der Waals surface area contributed by atoms with Crippen molar-refractivity contribution in [2.75, 3.05) is 13.1 Å². The van der Waals surface area contributed by atoms with Crippen LogP contribution in [0.2, 0.25) is 0 Å². The molecule has 3 atom stereocenters. The Balaban J connectivity index is 2.09. The molecule has 0 spiro atoms. The van der Waals surface area contributed by atoms with E-state index >= 15 is 0 Å². The Labute approximate surface area is 128 Å². The first-order chi connectivity index (χ1) is 9.79. The van der Waals surface area contributed by atoms with Gasteiger partial charge in [0.05, 0.1) is 11.8 Å². The predicted molar refractivity (Wildman–Crippen MR) is 83.6 cm³/mol. The smallest absolute Gasteiger partial charge is 0.233 e. The zero-order chi connectivity index (χ0) is 15.8. The molecule has 0 radical (unpaired) electrons. The van der Waals surface area contributed by atoms with Crippen molar-refractivity contribution in [2.24, 2.45) is 23.2 Å². The molecule has 3 unspecified atom stereocenters. The van der Waals surface area contributed by atoms with Crippen molar-refractivity contribution in [3.8, 4) is 0 Å². The average molecular weight is 294 g/mol. The van der Waals surface area contributed by atoms with Crippen LogP contribution >= 0.6 is 0 Å². The molecule has 1 N–H and O–H groups in total. The Morgan fingerprint density at radius 3 is 2.05 bits per heavy atom. The highest BCUT2D eigenvalue weighted by atomic mass is 16.2. The number of amides is 2. The van der Waals surface area contributed by atoms with E-state index in [1.54, 1.807) is 4.90 Å². The average Bonchev–Trinajstić information content (AvgIpc) is 2.92. The number of likely N-dealkylation sites (tertiary alicyclic amines) is 1. The number of hydrogen-bond donors (Lipinski definition) is 1. The summed E-state index contributed by atoms with van der Waals surface area (Å²) in [5.74, 6) is 0.637. The van der Waals surface area contributed by atoms with Crippen molar-refractivity contribution in [2.45, 2.75) is 59.9 Å². The fourth-order valence-corrected chi connectivity index (χ4v) is 3.78. The molecular weight excluding hydrogens is 264 g/mol. The number of imide groups is 1. The molecule has 1 heterocycles. The van der Waals surface area contributed by atoms with E-state index < -0.39 is 0 Å². The number of fused-ring (bicyclic) bond motifs is 1. The molecule has 0 aromatic heterocycles. The zero-order valence-electron chi connectivity index (χ0n) is 14.1. The van der Waals surface area contributed by atoms with Crippen LogP contribution in [0.5, 0.6) is 0 Å². The first-order valence-corrected chi connectivity index (χ1v) is 8.38. The highest BCUT2D eigenvalue weighted by Gasteiger charge is 2.52. The van der Waals surface area contributed by atoms with Gasteiger partial charge in [-0.2, -0.15) is 0 Å². The summed E-state index contributed by atoms with van der Waals surface area (Å²) in [4.78, 5) is 26.7. The number of nitrogens with zero attached hydrogens (tertiary/aromatic N) is 1. The third-order valence-electron chi connectivity index (χ3n) is 5.27. The summed E-state index contributed by atoms with van der Waals surface area (Å²) >= 11 is 0. The molecule has 4 nitrogen and oxygen atoms in total. The summed E-state index contributed by atoms with van der Waals surface area (Å²) in [6.07, 6.45) is 2.89. The lowest BCUT2D eigenvalue weighted by Gasteiger charge is -2.34. The highest BCUT2D eigenvalue weighted by Crippen LogP contribution is 2.44. The van der Waals surface area contributed by atoms with Crippen LogP contribution in [0.4, 0.5) is 0 Å². The molecule has 21 heavy (non-hydrogen) atoms. The second-order valence-corrected chi connectivity index (χ2v) is 7.72. The number of carbonyl (C=O) groups excluding carboxylic acids is 2. The van der Waals surface area contributed by atoms with Crippen molar-refractivity contribution in [3.05, 3.63) is 0 Å². The molecule has 1 aliphatic carbocycles. The highest BCUT2D eigenvalue weighted by molar-refractivity contribution is 6.05. The van der Waals surface area contributed by atoms with Gasteiger partial charge in [-0.1, -0.05) is 41.0 Å². The second kappa shape index (κ2) is 6.07. The lowest BCUT2D eigenvalue weighted by atomic mass is 9.86. The van der Waals surface area contributed by atoms with Gasteiger partial charge < -0.3 is 5.32 Å². The zero-order valence-corrected chi connectivity index (χ0v) is 14.1. The fraction of sp³-hybridized carbons (Fsp3) is 0.882. The van der Waals surface area contributed by atoms with E-state index in [0.29, 0.717) is 12.5 Å². The Morgan fingerprint density at radius 1 is 1.14 bits per heavy atom. The van der Waals surface area contributed by atoms with Crippen LogP contribution in [0.1, 0.15) is 53.9 Å². The minimum absolute atomic E-state index is 0.0280. The van der Waals surface area contributed by atoms with Crippen molar-refractivity contribution >= 4 is 11.8 Å². The monoisotopic (exact) mass is 294 g/mol. The maximum Gasteiger partial charge on any atom is 0.233 e. The number of likely N-dealkylation sites (N-methyl/N-ethyl adjacent to an activating group) is 1. The van der Waals surface area contributed by atoms with Crippen molar-refractivity contribution < 1.29 is 9.59 Å². The number of rotatable bonds is 5. The minimum atomic E-state index is -0.0373. The quantitative estimate of drug-likeness (QED) is 0.792. The van der Waals surface area contributed by atoms with Gasteiger partial charge in [-0.25, -0.2) is 0 Å². The van der Waals surface area contributed by atoms with Gasteiger partial charge >= 0.3 is 0 Å². The van der Waals surface area contributed by atoms with Gasteiger partial charge in [-0.3, -0.25) is 14.5 Å². The maximum absolute atomic E-state index is 12.6. The third kappa shape index (κ3) is 3.15. The first kappa shape index (κ1) is 16.5. The molecule has 2 fully saturated rings. The van der Waals surface area contributed by atoms with E-state index in [0.717, 1.165) is 25.8 Å². The van der Waals surface area contributed by atoms with Crippen molar-refractivity contribution in [3.63, 3.8) is 0 Å². The molecule has 2 amide bonds. The third-order valence-corrected chi connectivity index (χ3v) is 5.27. The van der Waals surface area contributed by atoms with E-state index in [4.69, 9.17) is 0 Å². The summed E-state index contributed by atoms with van der Waals surface area (Å²) in [7, 11) is 0. The number of carbonyl (C=O) groups is 2. The van der Waals surface area contributed by atoms with Crippen LogP contribution in [0.3, 0.4) is 0 Å². The summed E-state index contributed by atoms with van der Waals surface area (Å²) < 4.78 is 0. The topological polar surface area (TPSA) is 49.4 Å². The van der Waals surface area contributed by atoms with Crippen LogP contribution in [0, 0.1) is 23.2 Å². The van der Waals surface area contributed by atoms with Gasteiger partial charge in [0.2, 0.25) is 11.8 Å².